The zero-order valence-electron chi connectivity index (χ0n) is 9.24. The molecule has 2 aliphatic rings. The topological polar surface area (TPSA) is 102 Å². The van der Waals surface area contributed by atoms with Crippen LogP contribution in [0.3, 0.4) is 0 Å². The second-order valence-electron chi connectivity index (χ2n) is 4.25. The fourth-order valence-corrected chi connectivity index (χ4v) is 1.99. The highest BCUT2D eigenvalue weighted by molar-refractivity contribution is 5.77. The Hall–Kier alpha value is -1.15. The summed E-state index contributed by atoms with van der Waals surface area (Å²) in [6.45, 7) is -0.580. The van der Waals surface area contributed by atoms with Crippen LogP contribution in [0.5, 0.6) is 0 Å². The molecule has 7 heteroatoms. The molecular weight excluding hydrogens is 228 g/mol. The fraction of sp³-hybridized carbons (Fsp3) is 0.700. The first kappa shape index (κ1) is 12.3. The number of hydrogen-bond donors (Lipinski definition) is 4. The number of nitrogens with one attached hydrogen (secondary N) is 1. The molecule has 0 aromatic rings. The van der Waals surface area contributed by atoms with Crippen LogP contribution in [0.25, 0.3) is 0 Å². The number of nitrogens with zero attached hydrogens (tertiary/aromatic N) is 1. The zero-order valence-corrected chi connectivity index (χ0v) is 9.24. The summed E-state index contributed by atoms with van der Waals surface area (Å²) < 4.78 is 5.52. The number of ether oxygens (including phenoxy) is 1. The third-order valence-corrected chi connectivity index (χ3v) is 3.05. The maximum atomic E-state index is 11.6. The predicted molar refractivity (Wildman–Crippen MR) is 56.5 cm³/mol. The van der Waals surface area contributed by atoms with Crippen molar-refractivity contribution in [3.63, 3.8) is 0 Å². The molecule has 0 saturated carbocycles. The van der Waals surface area contributed by atoms with Crippen molar-refractivity contribution in [2.24, 2.45) is 0 Å². The molecule has 2 rings (SSSR count). The van der Waals surface area contributed by atoms with E-state index < -0.39 is 24.1 Å². The van der Waals surface area contributed by atoms with Crippen LogP contribution < -0.4 is 5.32 Å². The van der Waals surface area contributed by atoms with Gasteiger partial charge >= 0.3 is 6.03 Å². The Balaban J connectivity index is 2.06. The fourth-order valence-electron chi connectivity index (χ4n) is 1.99. The highest BCUT2D eigenvalue weighted by Gasteiger charge is 2.43. The van der Waals surface area contributed by atoms with Gasteiger partial charge in [-0.25, -0.2) is 4.79 Å². The summed E-state index contributed by atoms with van der Waals surface area (Å²) in [7, 11) is 0. The van der Waals surface area contributed by atoms with Crippen molar-refractivity contribution in [1.82, 2.24) is 10.2 Å². The second-order valence-corrected chi connectivity index (χ2v) is 4.25. The summed E-state index contributed by atoms with van der Waals surface area (Å²) in [4.78, 5) is 12.9. The van der Waals surface area contributed by atoms with Crippen LogP contribution in [0.4, 0.5) is 4.79 Å². The number of rotatable bonds is 3. The van der Waals surface area contributed by atoms with E-state index in [1.165, 1.54) is 17.2 Å². The minimum Gasteiger partial charge on any atom is -0.393 e. The molecule has 1 fully saturated rings. The third kappa shape index (κ3) is 2.27. The van der Waals surface area contributed by atoms with E-state index >= 15 is 0 Å². The van der Waals surface area contributed by atoms with E-state index in [2.05, 4.69) is 5.32 Å². The van der Waals surface area contributed by atoms with Gasteiger partial charge in [-0.15, -0.1) is 0 Å². The Bertz CT molecular complexity index is 329. The van der Waals surface area contributed by atoms with Gasteiger partial charge < -0.3 is 25.4 Å². The van der Waals surface area contributed by atoms with Crippen molar-refractivity contribution in [1.29, 1.82) is 0 Å². The molecule has 96 valence electrons. The number of hydrogen-bond acceptors (Lipinski definition) is 5. The standard InChI is InChI=1S/C10H16N2O5/c13-5-10(6-14)3-1-8(17-10)12-4-2-7(15)11-9(12)16/h2,4,7-8,13-15H,1,3,5-6H2,(H,11,16)/t7?,8-/m1/s1. The van der Waals surface area contributed by atoms with Crippen LogP contribution in [0.2, 0.25) is 0 Å². The Morgan fingerprint density at radius 1 is 1.53 bits per heavy atom. The van der Waals surface area contributed by atoms with E-state index in [0.717, 1.165) is 0 Å². The Morgan fingerprint density at radius 2 is 2.24 bits per heavy atom. The number of aliphatic hydroxyl groups excluding tert-OH is 3. The molecule has 1 saturated heterocycles. The van der Waals surface area contributed by atoms with Crippen LogP contribution in [0.15, 0.2) is 12.3 Å². The van der Waals surface area contributed by atoms with Gasteiger partial charge in [-0.2, -0.15) is 0 Å². The van der Waals surface area contributed by atoms with E-state index in [4.69, 9.17) is 9.84 Å². The predicted octanol–water partition coefficient (Wildman–Crippen LogP) is -1.30. The van der Waals surface area contributed by atoms with Crippen molar-refractivity contribution in [2.45, 2.75) is 30.9 Å². The van der Waals surface area contributed by atoms with Gasteiger partial charge in [0.15, 0.2) is 0 Å². The lowest BCUT2D eigenvalue weighted by Crippen LogP contribution is -2.50. The molecule has 0 aliphatic carbocycles. The number of urea groups is 1. The molecule has 0 radical (unpaired) electrons. The lowest BCUT2D eigenvalue weighted by Gasteiger charge is -2.32. The van der Waals surface area contributed by atoms with Gasteiger partial charge in [0.2, 0.25) is 0 Å². The number of carbonyl (C=O) groups excluding carboxylic acids is 1. The van der Waals surface area contributed by atoms with Gasteiger partial charge in [-0.05, 0) is 18.9 Å². The maximum absolute atomic E-state index is 11.6. The van der Waals surface area contributed by atoms with Gasteiger partial charge in [0.05, 0.1) is 13.2 Å². The molecule has 2 atom stereocenters. The molecule has 4 N–H and O–H groups in total. The van der Waals surface area contributed by atoms with Crippen molar-refractivity contribution in [3.05, 3.63) is 12.3 Å². The van der Waals surface area contributed by atoms with Crippen molar-refractivity contribution < 1.29 is 24.9 Å². The van der Waals surface area contributed by atoms with Gasteiger partial charge in [0, 0.05) is 6.20 Å². The van der Waals surface area contributed by atoms with Crippen LogP contribution in [0.1, 0.15) is 12.8 Å². The van der Waals surface area contributed by atoms with Crippen molar-refractivity contribution in [3.8, 4) is 0 Å². The Kier molecular flexibility index (Phi) is 3.34. The average molecular weight is 244 g/mol. The maximum Gasteiger partial charge on any atom is 0.325 e. The number of amides is 2. The molecular formula is C10H16N2O5. The lowest BCUT2D eigenvalue weighted by molar-refractivity contribution is -0.126. The quantitative estimate of drug-likeness (QED) is 0.494. The van der Waals surface area contributed by atoms with Crippen molar-refractivity contribution in [2.75, 3.05) is 13.2 Å². The molecule has 2 aliphatic heterocycles. The molecule has 1 unspecified atom stereocenters. The first-order valence-electron chi connectivity index (χ1n) is 5.45. The normalized spacial score (nSPS) is 31.7. The minimum absolute atomic E-state index is 0.290. The highest BCUT2D eigenvalue weighted by atomic mass is 16.6. The lowest BCUT2D eigenvalue weighted by atomic mass is 10.0. The molecule has 0 bridgehead atoms. The number of aliphatic hydroxyl groups is 3. The van der Waals surface area contributed by atoms with Crippen LogP contribution in [0, 0.1) is 0 Å². The van der Waals surface area contributed by atoms with E-state index in [0.29, 0.717) is 12.8 Å². The summed E-state index contributed by atoms with van der Waals surface area (Å²) in [5, 5.41) is 29.8. The smallest absolute Gasteiger partial charge is 0.325 e. The molecule has 0 aromatic carbocycles. The van der Waals surface area contributed by atoms with Crippen LogP contribution in [-0.4, -0.2) is 57.5 Å². The molecule has 0 aromatic heterocycles. The molecule has 17 heavy (non-hydrogen) atoms. The van der Waals surface area contributed by atoms with E-state index in [9.17, 15) is 15.0 Å². The second kappa shape index (κ2) is 4.61. The largest absolute Gasteiger partial charge is 0.393 e. The molecule has 2 heterocycles. The molecule has 0 spiro atoms. The van der Waals surface area contributed by atoms with Gasteiger partial charge in [-0.1, -0.05) is 0 Å². The van der Waals surface area contributed by atoms with Crippen LogP contribution in [-0.2, 0) is 4.74 Å². The summed E-state index contributed by atoms with van der Waals surface area (Å²) >= 11 is 0. The van der Waals surface area contributed by atoms with Gasteiger partial charge in [-0.3, -0.25) is 4.90 Å². The Labute approximate surface area is 98.3 Å². The monoisotopic (exact) mass is 244 g/mol. The SMILES string of the molecule is O=C1NC(O)C=CN1[C@H]1CCC(CO)(CO)O1. The average Bonchev–Trinajstić information content (AvgIpc) is 2.74. The first-order valence-corrected chi connectivity index (χ1v) is 5.45. The van der Waals surface area contributed by atoms with E-state index in [-0.39, 0.29) is 13.2 Å². The zero-order chi connectivity index (χ0) is 12.5. The first-order chi connectivity index (χ1) is 8.10. The molecule has 7 nitrogen and oxygen atoms in total. The highest BCUT2D eigenvalue weighted by Crippen LogP contribution is 2.32. The van der Waals surface area contributed by atoms with Crippen LogP contribution >= 0.6 is 0 Å². The van der Waals surface area contributed by atoms with E-state index in [1.54, 1.807) is 0 Å². The summed E-state index contributed by atoms with van der Waals surface area (Å²) in [6, 6.07) is -0.461. The van der Waals surface area contributed by atoms with Crippen molar-refractivity contribution >= 4 is 6.03 Å². The number of carbonyl (C=O) groups is 1. The van der Waals surface area contributed by atoms with Gasteiger partial charge in [0.25, 0.3) is 0 Å². The Morgan fingerprint density at radius 3 is 2.76 bits per heavy atom. The summed E-state index contributed by atoms with van der Waals surface area (Å²) in [5.41, 5.74) is -0.977. The van der Waals surface area contributed by atoms with Gasteiger partial charge in [0.1, 0.15) is 18.1 Å². The molecule has 2 amide bonds. The summed E-state index contributed by atoms with van der Waals surface area (Å²) in [5.74, 6) is 0. The van der Waals surface area contributed by atoms with E-state index in [1.807, 2.05) is 0 Å². The third-order valence-electron chi connectivity index (χ3n) is 3.05. The minimum atomic E-state index is -0.986. The summed E-state index contributed by atoms with van der Waals surface area (Å²) in [6.07, 6.45) is 2.35.